The quantitative estimate of drug-likeness (QED) is 0.211. The fourth-order valence-corrected chi connectivity index (χ4v) is 3.04. The van der Waals surface area contributed by atoms with Crippen molar-refractivity contribution in [1.29, 1.82) is 0 Å². The number of rotatable bonds is 11. The first-order valence-corrected chi connectivity index (χ1v) is 13.6. The lowest BCUT2D eigenvalue weighted by Crippen LogP contribution is -2.13. The number of carbonyl (C=O) groups excluding carboxylic acids is 2. The number of hydrogen-bond acceptors (Lipinski definition) is 4. The van der Waals surface area contributed by atoms with Crippen molar-refractivity contribution in [2.45, 2.75) is 86.0 Å². The molecular formula is C31H46ClF2N3O2. The minimum Gasteiger partial charge on any atom is -0.394 e. The average Bonchev–Trinajstić information content (AvgIpc) is 2.89. The summed E-state index contributed by atoms with van der Waals surface area (Å²) >= 11 is 6.10. The number of nitrogens with one attached hydrogen (secondary N) is 2. The Bertz CT molecular complexity index is 988. The molecule has 0 bridgehead atoms. The van der Waals surface area contributed by atoms with Crippen LogP contribution in [0.2, 0.25) is 5.02 Å². The zero-order valence-electron chi connectivity index (χ0n) is 24.5. The zero-order valence-corrected chi connectivity index (χ0v) is 25.3. The molecule has 0 aliphatic heterocycles. The van der Waals surface area contributed by atoms with Crippen LogP contribution >= 0.6 is 11.6 Å². The molecule has 1 amide bonds. The lowest BCUT2D eigenvalue weighted by atomic mass is 10.1. The van der Waals surface area contributed by atoms with Crippen molar-refractivity contribution < 1.29 is 18.4 Å². The molecule has 0 spiro atoms. The van der Waals surface area contributed by atoms with Crippen LogP contribution in [0.15, 0.2) is 67.0 Å². The van der Waals surface area contributed by atoms with Gasteiger partial charge in [0.05, 0.1) is 11.9 Å². The Morgan fingerprint density at radius 1 is 1.10 bits per heavy atom. The van der Waals surface area contributed by atoms with Crippen LogP contribution in [-0.4, -0.2) is 23.7 Å². The Kier molecular flexibility index (Phi) is 22.3. The number of hydrogen-bond donors (Lipinski definition) is 2. The van der Waals surface area contributed by atoms with Crippen LogP contribution in [0, 0.1) is 0 Å². The molecule has 1 aromatic heterocycles. The van der Waals surface area contributed by atoms with Gasteiger partial charge in [-0.1, -0.05) is 81.6 Å². The summed E-state index contributed by atoms with van der Waals surface area (Å²) in [5, 5.41) is 6.03. The van der Waals surface area contributed by atoms with Gasteiger partial charge in [-0.3, -0.25) is 9.78 Å². The first-order chi connectivity index (χ1) is 18.4. The summed E-state index contributed by atoms with van der Waals surface area (Å²) < 4.78 is 26.2. The minimum atomic E-state index is -3.00. The third kappa shape index (κ3) is 20.6. The number of unbranched alkanes of at least 4 members (excludes halogenated alkanes) is 2. The largest absolute Gasteiger partial charge is 0.394 e. The number of nitrogens with zero attached hydrogens (tertiary/aromatic N) is 1. The van der Waals surface area contributed by atoms with E-state index in [1.54, 1.807) is 13.1 Å². The molecule has 0 aliphatic rings. The van der Waals surface area contributed by atoms with E-state index in [0.29, 0.717) is 22.9 Å². The SMILES string of the molecule is C/C(=C/Cc1ccccc1Cl)CC(=O)Nc1ccc(C(C)(F)F)nc1.C=CNC.CC.CCCCCC(C)=O. The van der Waals surface area contributed by atoms with Gasteiger partial charge in [-0.15, -0.1) is 0 Å². The molecule has 2 aromatic rings. The van der Waals surface area contributed by atoms with E-state index in [0.717, 1.165) is 30.9 Å². The third-order valence-electron chi connectivity index (χ3n) is 4.90. The number of alkyl halides is 2. The van der Waals surface area contributed by atoms with Crippen molar-refractivity contribution in [3.63, 3.8) is 0 Å². The maximum atomic E-state index is 13.1. The van der Waals surface area contributed by atoms with Crippen LogP contribution in [0.4, 0.5) is 14.5 Å². The Labute approximate surface area is 239 Å². The average molecular weight is 566 g/mol. The van der Waals surface area contributed by atoms with Gasteiger partial charge >= 0.3 is 0 Å². The molecule has 2 rings (SSSR count). The number of halogens is 3. The van der Waals surface area contributed by atoms with E-state index in [-0.39, 0.29) is 18.0 Å². The number of ketones is 1. The first kappa shape index (κ1) is 38.1. The molecule has 0 saturated carbocycles. The lowest BCUT2D eigenvalue weighted by molar-refractivity contribution is -0.117. The normalized spacial score (nSPS) is 10.4. The molecule has 2 N–H and O–H groups in total. The lowest BCUT2D eigenvalue weighted by Gasteiger charge is -2.10. The molecule has 5 nitrogen and oxygen atoms in total. The molecule has 218 valence electrons. The summed E-state index contributed by atoms with van der Waals surface area (Å²) in [6, 6.07) is 10.2. The maximum Gasteiger partial charge on any atom is 0.286 e. The third-order valence-corrected chi connectivity index (χ3v) is 5.27. The van der Waals surface area contributed by atoms with Gasteiger partial charge in [-0.05, 0) is 56.7 Å². The summed E-state index contributed by atoms with van der Waals surface area (Å²) in [6.07, 6.45) is 9.89. The number of aromatic nitrogens is 1. The topological polar surface area (TPSA) is 71.1 Å². The molecule has 0 aliphatic carbocycles. The number of allylic oxidation sites excluding steroid dienone is 1. The van der Waals surface area contributed by atoms with Crippen molar-refractivity contribution >= 4 is 29.0 Å². The summed E-state index contributed by atoms with van der Waals surface area (Å²) in [4.78, 5) is 26.0. The fraction of sp³-hybridized carbons (Fsp3) is 0.452. The summed E-state index contributed by atoms with van der Waals surface area (Å²) in [6.45, 7) is 13.8. The van der Waals surface area contributed by atoms with Gasteiger partial charge in [0.15, 0.2) is 0 Å². The van der Waals surface area contributed by atoms with Gasteiger partial charge in [0.25, 0.3) is 5.92 Å². The van der Waals surface area contributed by atoms with Crippen LogP contribution in [0.25, 0.3) is 0 Å². The van der Waals surface area contributed by atoms with Crippen molar-refractivity contribution in [3.05, 3.63) is 83.3 Å². The van der Waals surface area contributed by atoms with E-state index in [4.69, 9.17) is 11.6 Å². The van der Waals surface area contributed by atoms with Gasteiger partial charge in [-0.2, -0.15) is 8.78 Å². The predicted octanol–water partition coefficient (Wildman–Crippen LogP) is 8.90. The highest BCUT2D eigenvalue weighted by Crippen LogP contribution is 2.25. The molecule has 1 heterocycles. The molecule has 0 saturated heterocycles. The standard InChI is InChI=1S/C19H19ClF2N2O.C7H14O.C3H7N.C2H6/c1-13(7-8-14-5-3-4-6-16(14)20)11-18(25)24-15-9-10-17(23-12-15)19(2,21)22;1-3-4-5-6-7(2)8;1-3-4-2;1-2/h3-7,9-10,12H,8,11H2,1-2H3,(H,24,25);3-6H2,1-2H3;3-4H,1H2,2H3;1-2H3/b13-7-;;;. The van der Waals surface area contributed by atoms with Gasteiger partial charge in [0.2, 0.25) is 5.91 Å². The smallest absolute Gasteiger partial charge is 0.286 e. The highest BCUT2D eigenvalue weighted by molar-refractivity contribution is 6.31. The van der Waals surface area contributed by atoms with Crippen LogP contribution < -0.4 is 10.6 Å². The van der Waals surface area contributed by atoms with E-state index < -0.39 is 5.92 Å². The number of anilines is 1. The highest BCUT2D eigenvalue weighted by Gasteiger charge is 2.25. The number of pyridine rings is 1. The van der Waals surface area contributed by atoms with Gasteiger partial charge in [0.1, 0.15) is 11.5 Å². The van der Waals surface area contributed by atoms with Crippen LogP contribution in [0.3, 0.4) is 0 Å². The Balaban J connectivity index is 0. The number of amides is 1. The molecule has 1 aromatic carbocycles. The van der Waals surface area contributed by atoms with Crippen molar-refractivity contribution in [3.8, 4) is 0 Å². The molecular weight excluding hydrogens is 520 g/mol. The van der Waals surface area contributed by atoms with E-state index in [1.807, 2.05) is 58.2 Å². The van der Waals surface area contributed by atoms with Crippen LogP contribution in [0.5, 0.6) is 0 Å². The monoisotopic (exact) mass is 565 g/mol. The van der Waals surface area contributed by atoms with Gasteiger partial charge < -0.3 is 15.4 Å². The van der Waals surface area contributed by atoms with Crippen molar-refractivity contribution in [2.75, 3.05) is 12.4 Å². The van der Waals surface area contributed by atoms with E-state index in [9.17, 15) is 18.4 Å². The Morgan fingerprint density at radius 2 is 1.72 bits per heavy atom. The zero-order chi connectivity index (χ0) is 30.3. The second-order valence-corrected chi connectivity index (χ2v) is 8.95. The highest BCUT2D eigenvalue weighted by atomic mass is 35.5. The number of Topliss-reactive ketones (excluding diaryl/α,β-unsaturated/α-hetero) is 1. The van der Waals surface area contributed by atoms with Gasteiger partial charge in [0, 0.05) is 31.8 Å². The van der Waals surface area contributed by atoms with E-state index >= 15 is 0 Å². The first-order valence-electron chi connectivity index (χ1n) is 13.2. The predicted molar refractivity (Wildman–Crippen MR) is 161 cm³/mol. The molecule has 8 heteroatoms. The maximum absolute atomic E-state index is 13.1. The number of benzene rings is 1. The molecule has 0 fully saturated rings. The summed E-state index contributed by atoms with van der Waals surface area (Å²) in [5.41, 5.74) is 1.93. The minimum absolute atomic E-state index is 0.205. The molecule has 0 unspecified atom stereocenters. The Morgan fingerprint density at radius 3 is 2.18 bits per heavy atom. The van der Waals surface area contributed by atoms with Crippen molar-refractivity contribution in [2.24, 2.45) is 0 Å². The number of carbonyl (C=O) groups is 2. The Hall–Kier alpha value is -3.06. The summed E-state index contributed by atoms with van der Waals surface area (Å²) in [5.74, 6) is -2.91. The molecule has 39 heavy (non-hydrogen) atoms. The summed E-state index contributed by atoms with van der Waals surface area (Å²) in [7, 11) is 1.81. The van der Waals surface area contributed by atoms with Gasteiger partial charge in [-0.25, -0.2) is 0 Å². The van der Waals surface area contributed by atoms with Crippen LogP contribution in [-0.2, 0) is 21.9 Å². The van der Waals surface area contributed by atoms with E-state index in [2.05, 4.69) is 29.1 Å². The van der Waals surface area contributed by atoms with Crippen LogP contribution in [0.1, 0.15) is 84.9 Å². The second-order valence-electron chi connectivity index (χ2n) is 8.54. The molecule has 0 radical (unpaired) electrons. The fourth-order valence-electron chi connectivity index (χ4n) is 2.83. The van der Waals surface area contributed by atoms with Crippen molar-refractivity contribution in [1.82, 2.24) is 10.3 Å². The van der Waals surface area contributed by atoms with E-state index in [1.165, 1.54) is 31.2 Å². The molecule has 0 atom stereocenters. The second kappa shape index (κ2) is 22.9.